The summed E-state index contributed by atoms with van der Waals surface area (Å²) in [6, 6.07) is 1.48. The van der Waals surface area contributed by atoms with Crippen molar-refractivity contribution < 1.29 is 29.3 Å². The summed E-state index contributed by atoms with van der Waals surface area (Å²) >= 11 is 0. The van der Waals surface area contributed by atoms with Gasteiger partial charge in [-0.05, 0) is 24.1 Å². The van der Waals surface area contributed by atoms with Crippen LogP contribution in [0.3, 0.4) is 0 Å². The number of benzene rings is 1. The van der Waals surface area contributed by atoms with Gasteiger partial charge in [0.15, 0.2) is 5.78 Å². The fourth-order valence-corrected chi connectivity index (χ4v) is 3.51. The molecule has 0 bridgehead atoms. The lowest BCUT2D eigenvalue weighted by Crippen LogP contribution is -2.42. The van der Waals surface area contributed by atoms with Crippen LogP contribution in [0.15, 0.2) is 17.6 Å². The van der Waals surface area contributed by atoms with Gasteiger partial charge in [0.25, 0.3) is 0 Å². The van der Waals surface area contributed by atoms with E-state index in [2.05, 4.69) is 0 Å². The highest BCUT2D eigenvalue weighted by molar-refractivity contribution is 6.26. The first-order valence-corrected chi connectivity index (χ1v) is 7.58. The molecule has 2 N–H and O–H groups in total. The molecule has 3 rings (SSSR count). The van der Waals surface area contributed by atoms with Crippen molar-refractivity contribution >= 4 is 17.3 Å². The summed E-state index contributed by atoms with van der Waals surface area (Å²) < 4.78 is 4.86. The van der Waals surface area contributed by atoms with E-state index in [-0.39, 0.29) is 23.3 Å². The number of aliphatic hydroxyl groups is 2. The van der Waals surface area contributed by atoms with Gasteiger partial charge in [-0.2, -0.15) is 0 Å². The zero-order valence-electron chi connectivity index (χ0n) is 13.9. The number of methoxy groups -OCH3 is 1. The fraction of sp³-hybridized carbons (Fsp3) is 0.389. The molecule has 6 nitrogen and oxygen atoms in total. The molecule has 2 aliphatic rings. The highest BCUT2D eigenvalue weighted by Gasteiger charge is 2.44. The van der Waals surface area contributed by atoms with E-state index in [1.165, 1.54) is 13.2 Å². The first-order chi connectivity index (χ1) is 11.1. The molecule has 0 heterocycles. The lowest BCUT2D eigenvalue weighted by atomic mass is 9.67. The standard InChI is InChI=1S/C18H18O6/c1-7-12-8(14(21)17(24-4)16(23)15(12)22)5-9-13(7)10(19)6-11(20)18(9,2)3/h5,11,20,23H,6H2,1-4H3/t11-/m0/s1. The van der Waals surface area contributed by atoms with Crippen LogP contribution in [0.25, 0.3) is 0 Å². The molecule has 0 saturated heterocycles. The Hall–Kier alpha value is -2.47. The van der Waals surface area contributed by atoms with E-state index in [1.54, 1.807) is 20.8 Å². The van der Waals surface area contributed by atoms with E-state index >= 15 is 0 Å². The van der Waals surface area contributed by atoms with Crippen molar-refractivity contribution in [1.82, 2.24) is 0 Å². The number of aliphatic hydroxyl groups excluding tert-OH is 2. The zero-order valence-corrected chi connectivity index (χ0v) is 13.9. The van der Waals surface area contributed by atoms with Crippen LogP contribution in [0.2, 0.25) is 0 Å². The average Bonchev–Trinajstić information content (AvgIpc) is 2.51. The van der Waals surface area contributed by atoms with Gasteiger partial charge in [-0.1, -0.05) is 13.8 Å². The van der Waals surface area contributed by atoms with Gasteiger partial charge in [0.1, 0.15) is 0 Å². The van der Waals surface area contributed by atoms with Gasteiger partial charge in [-0.3, -0.25) is 14.4 Å². The number of ketones is 3. The fourth-order valence-electron chi connectivity index (χ4n) is 3.51. The molecule has 126 valence electrons. The Bertz CT molecular complexity index is 844. The van der Waals surface area contributed by atoms with Gasteiger partial charge in [0, 0.05) is 28.5 Å². The van der Waals surface area contributed by atoms with Crippen LogP contribution >= 0.6 is 0 Å². The number of hydrogen-bond acceptors (Lipinski definition) is 6. The molecule has 1 atom stereocenters. The Morgan fingerprint density at radius 2 is 1.79 bits per heavy atom. The Balaban J connectivity index is 2.39. The van der Waals surface area contributed by atoms with Crippen molar-refractivity contribution in [2.45, 2.75) is 38.7 Å². The van der Waals surface area contributed by atoms with Crippen LogP contribution in [0, 0.1) is 6.92 Å². The Kier molecular flexibility index (Phi) is 3.42. The molecule has 1 aromatic rings. The quantitative estimate of drug-likeness (QED) is 0.817. The lowest BCUT2D eigenvalue weighted by molar-refractivity contribution is 0.0632. The molecule has 2 aliphatic carbocycles. The van der Waals surface area contributed by atoms with Crippen LogP contribution in [-0.4, -0.2) is 40.8 Å². The summed E-state index contributed by atoms with van der Waals surface area (Å²) in [6.07, 6.45) is -0.928. The Morgan fingerprint density at radius 1 is 1.17 bits per heavy atom. The van der Waals surface area contributed by atoms with Gasteiger partial charge in [-0.15, -0.1) is 0 Å². The van der Waals surface area contributed by atoms with Crippen LogP contribution < -0.4 is 0 Å². The molecule has 0 fully saturated rings. The second-order valence-electron chi connectivity index (χ2n) is 6.75. The van der Waals surface area contributed by atoms with Gasteiger partial charge in [-0.25, -0.2) is 0 Å². The van der Waals surface area contributed by atoms with E-state index in [0.717, 1.165) is 0 Å². The number of ether oxygens (including phenoxy) is 1. The molecule has 24 heavy (non-hydrogen) atoms. The number of hydrogen-bond donors (Lipinski definition) is 2. The average molecular weight is 330 g/mol. The van der Waals surface area contributed by atoms with Crippen molar-refractivity contribution in [3.63, 3.8) is 0 Å². The maximum absolute atomic E-state index is 12.6. The predicted molar refractivity (Wildman–Crippen MR) is 84.5 cm³/mol. The van der Waals surface area contributed by atoms with E-state index < -0.39 is 34.6 Å². The predicted octanol–water partition coefficient (Wildman–Crippen LogP) is 2.01. The molecule has 0 spiro atoms. The summed E-state index contributed by atoms with van der Waals surface area (Å²) in [5.41, 5.74) is 0.591. The van der Waals surface area contributed by atoms with Crippen molar-refractivity contribution in [3.8, 4) is 0 Å². The topological polar surface area (TPSA) is 101 Å². The van der Waals surface area contributed by atoms with Crippen LogP contribution in [-0.2, 0) is 10.2 Å². The third kappa shape index (κ3) is 1.89. The Morgan fingerprint density at radius 3 is 2.38 bits per heavy atom. The minimum atomic E-state index is -0.879. The van der Waals surface area contributed by atoms with E-state index in [1.807, 2.05) is 0 Å². The first kappa shape index (κ1) is 16.4. The summed E-state index contributed by atoms with van der Waals surface area (Å²) in [4.78, 5) is 37.5. The number of rotatable bonds is 1. The smallest absolute Gasteiger partial charge is 0.232 e. The number of carbonyl (C=O) groups is 3. The largest absolute Gasteiger partial charge is 0.501 e. The number of fused-ring (bicyclic) bond motifs is 2. The first-order valence-electron chi connectivity index (χ1n) is 7.58. The second-order valence-corrected chi connectivity index (χ2v) is 6.75. The van der Waals surface area contributed by atoms with E-state index in [0.29, 0.717) is 16.7 Å². The van der Waals surface area contributed by atoms with E-state index in [4.69, 9.17) is 4.74 Å². The van der Waals surface area contributed by atoms with Gasteiger partial charge in [0.2, 0.25) is 23.1 Å². The highest BCUT2D eigenvalue weighted by Crippen LogP contribution is 2.42. The zero-order chi connectivity index (χ0) is 18.0. The minimum Gasteiger partial charge on any atom is -0.501 e. The highest BCUT2D eigenvalue weighted by atomic mass is 16.5. The molecule has 0 amide bonds. The molecule has 0 unspecified atom stereocenters. The molecule has 0 aliphatic heterocycles. The molecule has 0 saturated carbocycles. The molecular formula is C18H18O6. The lowest BCUT2D eigenvalue weighted by Gasteiger charge is -2.38. The summed E-state index contributed by atoms with van der Waals surface area (Å²) in [6.45, 7) is 5.16. The SMILES string of the molecule is COC1=C(O)C(=O)c2c(cc3c(c2C)C(=O)C[C@H](O)C3(C)C)C1=O. The van der Waals surface area contributed by atoms with Gasteiger partial charge >= 0.3 is 0 Å². The maximum Gasteiger partial charge on any atom is 0.232 e. The van der Waals surface area contributed by atoms with Crippen molar-refractivity contribution in [2.75, 3.05) is 7.11 Å². The summed E-state index contributed by atoms with van der Waals surface area (Å²) in [5, 5.41) is 20.2. The maximum atomic E-state index is 12.6. The number of allylic oxidation sites excluding steroid dienone is 2. The van der Waals surface area contributed by atoms with Crippen molar-refractivity contribution in [3.05, 3.63) is 45.4 Å². The molecule has 0 radical (unpaired) electrons. The molecule has 6 heteroatoms. The third-order valence-corrected chi connectivity index (χ3v) is 5.07. The van der Waals surface area contributed by atoms with Crippen LogP contribution in [0.1, 0.15) is 62.5 Å². The van der Waals surface area contributed by atoms with Gasteiger partial charge in [0.05, 0.1) is 13.2 Å². The summed E-state index contributed by atoms with van der Waals surface area (Å²) in [7, 11) is 1.20. The second kappa shape index (κ2) is 5.01. The molecule has 0 aromatic heterocycles. The minimum absolute atomic E-state index is 0.0255. The Labute approximate surface area is 138 Å². The van der Waals surface area contributed by atoms with Crippen LogP contribution in [0.5, 0.6) is 0 Å². The number of carbonyl (C=O) groups excluding carboxylic acids is 3. The van der Waals surface area contributed by atoms with Crippen LogP contribution in [0.4, 0.5) is 0 Å². The van der Waals surface area contributed by atoms with Gasteiger partial charge < -0.3 is 14.9 Å². The molecular weight excluding hydrogens is 312 g/mol. The van der Waals surface area contributed by atoms with E-state index in [9.17, 15) is 24.6 Å². The van der Waals surface area contributed by atoms with Crippen molar-refractivity contribution in [1.29, 1.82) is 0 Å². The normalized spacial score (nSPS) is 22.4. The number of Topliss-reactive ketones (excluding diaryl/α,β-unsaturated/α-hetero) is 3. The van der Waals surface area contributed by atoms with Crippen molar-refractivity contribution in [2.24, 2.45) is 0 Å². The monoisotopic (exact) mass is 330 g/mol. The summed E-state index contributed by atoms with van der Waals surface area (Å²) in [5.74, 6) is -2.79. The molecule has 1 aromatic carbocycles. The third-order valence-electron chi connectivity index (χ3n) is 5.07.